The SMILES string of the molecule is Cc1cccc(C2(CNC(=O)NCc3cccc(OCC#N)c3)CCCC2)c1. The van der Waals surface area contributed by atoms with E-state index in [0.717, 1.165) is 18.4 Å². The minimum atomic E-state index is -0.165. The molecule has 2 aromatic rings. The molecule has 5 nitrogen and oxygen atoms in total. The number of nitrogens with one attached hydrogen (secondary N) is 2. The van der Waals surface area contributed by atoms with Gasteiger partial charge >= 0.3 is 6.03 Å². The summed E-state index contributed by atoms with van der Waals surface area (Å²) in [6, 6.07) is 17.8. The Bertz CT molecular complexity index is 851. The molecule has 1 aliphatic rings. The number of amides is 2. The predicted octanol–water partition coefficient (Wildman–Crippen LogP) is 4.21. The maximum atomic E-state index is 12.4. The Balaban J connectivity index is 1.55. The van der Waals surface area contributed by atoms with Gasteiger partial charge in [-0.2, -0.15) is 5.26 Å². The highest BCUT2D eigenvalue weighted by molar-refractivity contribution is 5.74. The van der Waals surface area contributed by atoms with E-state index >= 15 is 0 Å². The maximum absolute atomic E-state index is 12.4. The van der Waals surface area contributed by atoms with Gasteiger partial charge in [0, 0.05) is 18.5 Å². The molecule has 1 fully saturated rings. The number of nitrogens with zero attached hydrogens (tertiary/aromatic N) is 1. The molecular formula is C23H27N3O2. The zero-order valence-corrected chi connectivity index (χ0v) is 16.3. The fourth-order valence-electron chi connectivity index (χ4n) is 3.95. The molecule has 0 aliphatic heterocycles. The Morgan fingerprint density at radius 2 is 1.93 bits per heavy atom. The van der Waals surface area contributed by atoms with Crippen molar-refractivity contribution in [2.75, 3.05) is 13.2 Å². The minimum Gasteiger partial charge on any atom is -0.479 e. The molecule has 0 atom stereocenters. The van der Waals surface area contributed by atoms with Gasteiger partial charge in [-0.25, -0.2) is 4.79 Å². The lowest BCUT2D eigenvalue weighted by molar-refractivity contribution is 0.236. The lowest BCUT2D eigenvalue weighted by atomic mass is 9.78. The van der Waals surface area contributed by atoms with Crippen LogP contribution in [0.1, 0.15) is 42.4 Å². The first-order valence-electron chi connectivity index (χ1n) is 9.79. The van der Waals surface area contributed by atoms with Crippen LogP contribution in [0.3, 0.4) is 0 Å². The van der Waals surface area contributed by atoms with Gasteiger partial charge in [0.05, 0.1) is 0 Å². The van der Waals surface area contributed by atoms with Crippen molar-refractivity contribution in [1.82, 2.24) is 10.6 Å². The van der Waals surface area contributed by atoms with Crippen LogP contribution in [-0.2, 0) is 12.0 Å². The molecule has 0 unspecified atom stereocenters. The summed E-state index contributed by atoms with van der Waals surface area (Å²) in [4.78, 5) is 12.4. The Hall–Kier alpha value is -3.00. The van der Waals surface area contributed by atoms with Crippen molar-refractivity contribution in [3.8, 4) is 11.8 Å². The quantitative estimate of drug-likeness (QED) is 0.759. The summed E-state index contributed by atoms with van der Waals surface area (Å²) >= 11 is 0. The number of carbonyl (C=O) groups is 1. The van der Waals surface area contributed by atoms with E-state index < -0.39 is 0 Å². The third-order valence-corrected chi connectivity index (χ3v) is 5.43. The molecular weight excluding hydrogens is 350 g/mol. The molecule has 0 saturated heterocycles. The first kappa shape index (κ1) is 19.8. The molecule has 2 aromatic carbocycles. The smallest absolute Gasteiger partial charge is 0.315 e. The number of urea groups is 1. The van der Waals surface area contributed by atoms with E-state index in [1.54, 1.807) is 6.07 Å². The predicted molar refractivity (Wildman–Crippen MR) is 109 cm³/mol. The molecule has 0 heterocycles. The maximum Gasteiger partial charge on any atom is 0.315 e. The van der Waals surface area contributed by atoms with E-state index in [4.69, 9.17) is 10.00 Å². The fraction of sp³-hybridized carbons (Fsp3) is 0.391. The molecule has 5 heteroatoms. The Morgan fingerprint density at radius 1 is 1.14 bits per heavy atom. The van der Waals surface area contributed by atoms with Crippen LogP contribution in [0.25, 0.3) is 0 Å². The molecule has 28 heavy (non-hydrogen) atoms. The third-order valence-electron chi connectivity index (χ3n) is 5.43. The zero-order chi connectivity index (χ0) is 19.8. The van der Waals surface area contributed by atoms with Crippen LogP contribution in [0, 0.1) is 18.3 Å². The molecule has 2 N–H and O–H groups in total. The number of ether oxygens (including phenoxy) is 1. The summed E-state index contributed by atoms with van der Waals surface area (Å²) in [5, 5.41) is 14.6. The molecule has 146 valence electrons. The number of hydrogen-bond acceptors (Lipinski definition) is 3. The third kappa shape index (κ3) is 5.04. The topological polar surface area (TPSA) is 74.2 Å². The Morgan fingerprint density at radius 3 is 2.68 bits per heavy atom. The molecule has 1 aliphatic carbocycles. The van der Waals surface area contributed by atoms with Crippen LogP contribution in [0.4, 0.5) is 4.79 Å². The number of carbonyl (C=O) groups excluding carboxylic acids is 1. The standard InChI is InChI=1S/C23H27N3O2/c1-18-6-4-8-20(14-18)23(10-2-3-11-23)17-26-22(27)25-16-19-7-5-9-21(15-19)28-13-12-24/h4-9,14-15H,2-3,10-11,13,16-17H2,1H3,(H2,25,26,27). The summed E-state index contributed by atoms with van der Waals surface area (Å²) in [7, 11) is 0. The summed E-state index contributed by atoms with van der Waals surface area (Å²) < 4.78 is 5.30. The largest absolute Gasteiger partial charge is 0.479 e. The van der Waals surface area contributed by atoms with Gasteiger partial charge in [0.2, 0.25) is 0 Å². The van der Waals surface area contributed by atoms with Crippen LogP contribution in [-0.4, -0.2) is 19.2 Å². The molecule has 0 bridgehead atoms. The van der Waals surface area contributed by atoms with E-state index in [0.29, 0.717) is 18.8 Å². The van der Waals surface area contributed by atoms with Crippen LogP contribution >= 0.6 is 0 Å². The van der Waals surface area contributed by atoms with Crippen LogP contribution in [0.5, 0.6) is 5.75 Å². The van der Waals surface area contributed by atoms with Crippen molar-refractivity contribution >= 4 is 6.03 Å². The van der Waals surface area contributed by atoms with Crippen molar-refractivity contribution in [2.24, 2.45) is 0 Å². The monoisotopic (exact) mass is 377 g/mol. The van der Waals surface area contributed by atoms with E-state index in [2.05, 4.69) is 41.8 Å². The van der Waals surface area contributed by atoms with Gasteiger partial charge < -0.3 is 15.4 Å². The molecule has 0 radical (unpaired) electrons. The van der Waals surface area contributed by atoms with Crippen molar-refractivity contribution in [3.63, 3.8) is 0 Å². The average Bonchev–Trinajstić information content (AvgIpc) is 3.20. The first-order valence-corrected chi connectivity index (χ1v) is 9.79. The Labute approximate surface area is 166 Å². The highest BCUT2D eigenvalue weighted by atomic mass is 16.5. The summed E-state index contributed by atoms with van der Waals surface area (Å²) in [6.07, 6.45) is 4.61. The molecule has 1 saturated carbocycles. The molecule has 0 aromatic heterocycles. The number of hydrogen-bond donors (Lipinski definition) is 2. The van der Waals surface area contributed by atoms with Gasteiger partial charge in [-0.1, -0.05) is 54.8 Å². The average molecular weight is 377 g/mol. The van der Waals surface area contributed by atoms with Gasteiger partial charge in [0.15, 0.2) is 6.61 Å². The number of rotatable bonds is 7. The summed E-state index contributed by atoms with van der Waals surface area (Å²) in [6.45, 7) is 3.18. The van der Waals surface area contributed by atoms with Gasteiger partial charge in [0.25, 0.3) is 0 Å². The van der Waals surface area contributed by atoms with Gasteiger partial charge in [-0.05, 0) is 43.0 Å². The van der Waals surface area contributed by atoms with Crippen molar-refractivity contribution in [1.29, 1.82) is 5.26 Å². The Kier molecular flexibility index (Phi) is 6.54. The molecule has 0 spiro atoms. The van der Waals surface area contributed by atoms with Crippen LogP contribution in [0.15, 0.2) is 48.5 Å². The van der Waals surface area contributed by atoms with Gasteiger partial charge in [0.1, 0.15) is 11.8 Å². The van der Waals surface area contributed by atoms with Crippen molar-refractivity contribution in [3.05, 3.63) is 65.2 Å². The van der Waals surface area contributed by atoms with E-state index in [1.165, 1.54) is 24.0 Å². The second kappa shape index (κ2) is 9.27. The second-order valence-electron chi connectivity index (χ2n) is 7.49. The first-order chi connectivity index (χ1) is 13.6. The summed E-state index contributed by atoms with van der Waals surface area (Å²) in [5.74, 6) is 0.630. The lowest BCUT2D eigenvalue weighted by Gasteiger charge is -2.30. The molecule has 2 amide bonds. The lowest BCUT2D eigenvalue weighted by Crippen LogP contribution is -2.43. The zero-order valence-electron chi connectivity index (χ0n) is 16.3. The molecule has 3 rings (SSSR count). The second-order valence-corrected chi connectivity index (χ2v) is 7.49. The fourth-order valence-corrected chi connectivity index (χ4v) is 3.95. The van der Waals surface area contributed by atoms with Crippen LogP contribution in [0.2, 0.25) is 0 Å². The van der Waals surface area contributed by atoms with Crippen LogP contribution < -0.4 is 15.4 Å². The normalized spacial score (nSPS) is 14.9. The van der Waals surface area contributed by atoms with Gasteiger partial charge in [-0.15, -0.1) is 0 Å². The minimum absolute atomic E-state index is 0.0123. The van der Waals surface area contributed by atoms with Crippen molar-refractivity contribution < 1.29 is 9.53 Å². The van der Waals surface area contributed by atoms with E-state index in [-0.39, 0.29) is 18.1 Å². The number of nitriles is 1. The number of benzene rings is 2. The highest BCUT2D eigenvalue weighted by Crippen LogP contribution is 2.40. The van der Waals surface area contributed by atoms with Gasteiger partial charge in [-0.3, -0.25) is 0 Å². The van der Waals surface area contributed by atoms with E-state index in [9.17, 15) is 4.79 Å². The van der Waals surface area contributed by atoms with E-state index in [1.807, 2.05) is 24.3 Å². The highest BCUT2D eigenvalue weighted by Gasteiger charge is 2.35. The summed E-state index contributed by atoms with van der Waals surface area (Å²) in [5.41, 5.74) is 3.55. The number of aryl methyl sites for hydroxylation is 1. The van der Waals surface area contributed by atoms with Crippen molar-refractivity contribution in [2.45, 2.75) is 44.6 Å².